The van der Waals surface area contributed by atoms with Crippen molar-refractivity contribution in [2.24, 2.45) is 0 Å². The third-order valence-electron chi connectivity index (χ3n) is 3.26. The fraction of sp³-hybridized carbons (Fsp3) is 0.412. The van der Waals surface area contributed by atoms with E-state index in [4.69, 9.17) is 4.74 Å². The lowest BCUT2D eigenvalue weighted by molar-refractivity contribution is 0.242. The third kappa shape index (κ3) is 3.16. The molecular weight excluding hydrogens is 248 g/mol. The van der Waals surface area contributed by atoms with Gasteiger partial charge in [-0.15, -0.1) is 0 Å². The van der Waals surface area contributed by atoms with Gasteiger partial charge >= 0.3 is 0 Å². The summed E-state index contributed by atoms with van der Waals surface area (Å²) in [6.07, 6.45) is 1.16. The van der Waals surface area contributed by atoms with Gasteiger partial charge in [0.05, 0.1) is 6.10 Å². The molecule has 1 aromatic carbocycles. The lowest BCUT2D eigenvalue weighted by Crippen LogP contribution is -2.05. The zero-order valence-electron chi connectivity index (χ0n) is 12.9. The molecule has 3 heteroatoms. The van der Waals surface area contributed by atoms with Crippen LogP contribution in [0.4, 0.5) is 0 Å². The number of aryl methyl sites for hydroxylation is 2. The molecule has 2 aromatic rings. The minimum Gasteiger partial charge on any atom is -0.491 e. The number of rotatable bonds is 4. The molecule has 0 fully saturated rings. The molecule has 0 spiro atoms. The molecular formula is C17H22N2O. The number of aromatic nitrogens is 2. The molecule has 0 aliphatic carbocycles. The molecule has 0 radical (unpaired) electrons. The fourth-order valence-electron chi connectivity index (χ4n) is 2.33. The molecule has 20 heavy (non-hydrogen) atoms. The van der Waals surface area contributed by atoms with Gasteiger partial charge in [-0.2, -0.15) is 0 Å². The summed E-state index contributed by atoms with van der Waals surface area (Å²) in [7, 11) is 0. The van der Waals surface area contributed by atoms with Gasteiger partial charge in [-0.3, -0.25) is 0 Å². The highest BCUT2D eigenvalue weighted by Gasteiger charge is 2.08. The van der Waals surface area contributed by atoms with Gasteiger partial charge in [-0.05, 0) is 63.9 Å². The Morgan fingerprint density at radius 3 is 2.00 bits per heavy atom. The molecule has 3 nitrogen and oxygen atoms in total. The van der Waals surface area contributed by atoms with E-state index in [2.05, 4.69) is 16.9 Å². The number of hydrogen-bond donors (Lipinski definition) is 0. The summed E-state index contributed by atoms with van der Waals surface area (Å²) in [6.45, 7) is 10.3. The van der Waals surface area contributed by atoms with Gasteiger partial charge in [0.1, 0.15) is 5.75 Å². The van der Waals surface area contributed by atoms with Crippen LogP contribution in [0.3, 0.4) is 0 Å². The molecule has 0 aliphatic rings. The molecule has 0 N–H and O–H groups in total. The summed E-state index contributed by atoms with van der Waals surface area (Å²) >= 11 is 0. The second kappa shape index (κ2) is 6.04. The predicted octanol–water partition coefficient (Wildman–Crippen LogP) is 4.11. The third-order valence-corrected chi connectivity index (χ3v) is 3.26. The first-order valence-electron chi connectivity index (χ1n) is 7.12. The first kappa shape index (κ1) is 14.5. The maximum Gasteiger partial charge on any atom is 0.159 e. The van der Waals surface area contributed by atoms with Crippen molar-refractivity contribution >= 4 is 0 Å². The zero-order chi connectivity index (χ0) is 14.7. The first-order chi connectivity index (χ1) is 9.51. The van der Waals surface area contributed by atoms with Crippen LogP contribution in [0.15, 0.2) is 24.3 Å². The molecule has 0 unspecified atom stereocenters. The Kier molecular flexibility index (Phi) is 4.38. The molecule has 0 bridgehead atoms. The van der Waals surface area contributed by atoms with Gasteiger partial charge < -0.3 is 4.74 Å². The van der Waals surface area contributed by atoms with Crippen LogP contribution in [0.2, 0.25) is 0 Å². The van der Waals surface area contributed by atoms with Crippen molar-refractivity contribution in [3.05, 3.63) is 41.2 Å². The fourth-order valence-corrected chi connectivity index (χ4v) is 2.33. The minimum absolute atomic E-state index is 0.186. The number of ether oxygens (including phenoxy) is 1. The smallest absolute Gasteiger partial charge is 0.159 e. The molecule has 0 atom stereocenters. The Morgan fingerprint density at radius 1 is 1.00 bits per heavy atom. The molecule has 2 rings (SSSR count). The van der Waals surface area contributed by atoms with Crippen molar-refractivity contribution in [1.29, 1.82) is 0 Å². The average Bonchev–Trinajstić information content (AvgIpc) is 2.38. The highest BCUT2D eigenvalue weighted by Crippen LogP contribution is 2.22. The monoisotopic (exact) mass is 270 g/mol. The molecule has 0 aliphatic heterocycles. The summed E-state index contributed by atoms with van der Waals surface area (Å²) in [4.78, 5) is 9.23. The van der Waals surface area contributed by atoms with Crippen LogP contribution in [0.1, 0.15) is 37.7 Å². The Labute approximate surface area is 121 Å². The van der Waals surface area contributed by atoms with E-state index in [0.29, 0.717) is 0 Å². The van der Waals surface area contributed by atoms with E-state index in [1.54, 1.807) is 0 Å². The number of hydrogen-bond acceptors (Lipinski definition) is 3. The molecule has 0 amide bonds. The van der Waals surface area contributed by atoms with E-state index < -0.39 is 0 Å². The van der Waals surface area contributed by atoms with Crippen LogP contribution in [0.25, 0.3) is 11.4 Å². The van der Waals surface area contributed by atoms with Gasteiger partial charge in [0.2, 0.25) is 0 Å². The van der Waals surface area contributed by atoms with Crippen molar-refractivity contribution in [2.75, 3.05) is 0 Å². The topological polar surface area (TPSA) is 35.0 Å². The average molecular weight is 270 g/mol. The van der Waals surface area contributed by atoms with E-state index in [-0.39, 0.29) is 6.10 Å². The highest BCUT2D eigenvalue weighted by atomic mass is 16.5. The Balaban J connectivity index is 2.32. The van der Waals surface area contributed by atoms with Crippen LogP contribution >= 0.6 is 0 Å². The zero-order valence-corrected chi connectivity index (χ0v) is 12.9. The van der Waals surface area contributed by atoms with E-state index in [1.165, 1.54) is 5.56 Å². The highest BCUT2D eigenvalue weighted by molar-refractivity contribution is 5.57. The SMILES string of the molecule is CCc1c(C)nc(-c2ccc(OC(C)C)cc2)nc1C. The number of nitrogens with zero attached hydrogens (tertiary/aromatic N) is 2. The van der Waals surface area contributed by atoms with E-state index in [9.17, 15) is 0 Å². The van der Waals surface area contributed by atoms with E-state index in [0.717, 1.165) is 34.9 Å². The van der Waals surface area contributed by atoms with Crippen LogP contribution in [0.5, 0.6) is 5.75 Å². The standard InChI is InChI=1S/C17H22N2O/c1-6-16-12(4)18-17(19-13(16)5)14-7-9-15(10-8-14)20-11(2)3/h7-11H,6H2,1-5H3. The largest absolute Gasteiger partial charge is 0.491 e. The van der Waals surface area contributed by atoms with Crippen molar-refractivity contribution in [3.8, 4) is 17.1 Å². The van der Waals surface area contributed by atoms with E-state index >= 15 is 0 Å². The van der Waals surface area contributed by atoms with Crippen LogP contribution in [-0.4, -0.2) is 16.1 Å². The molecule has 0 saturated heterocycles. The van der Waals surface area contributed by atoms with Crippen LogP contribution < -0.4 is 4.74 Å². The summed E-state index contributed by atoms with van der Waals surface area (Å²) in [5, 5.41) is 0. The molecule has 106 valence electrons. The molecule has 0 saturated carbocycles. The molecule has 1 heterocycles. The Morgan fingerprint density at radius 2 is 1.55 bits per heavy atom. The summed E-state index contributed by atoms with van der Waals surface area (Å²) < 4.78 is 5.65. The second-order valence-corrected chi connectivity index (χ2v) is 5.24. The Hall–Kier alpha value is -1.90. The van der Waals surface area contributed by atoms with Crippen molar-refractivity contribution in [1.82, 2.24) is 9.97 Å². The minimum atomic E-state index is 0.186. The van der Waals surface area contributed by atoms with Gasteiger partial charge in [0, 0.05) is 17.0 Å². The predicted molar refractivity (Wildman–Crippen MR) is 82.1 cm³/mol. The van der Waals surface area contributed by atoms with Gasteiger partial charge in [0.15, 0.2) is 5.82 Å². The lowest BCUT2D eigenvalue weighted by atomic mass is 10.1. The number of benzene rings is 1. The summed E-state index contributed by atoms with van der Waals surface area (Å²) in [5.41, 5.74) is 4.40. The van der Waals surface area contributed by atoms with Crippen molar-refractivity contribution in [2.45, 2.75) is 47.1 Å². The van der Waals surface area contributed by atoms with Crippen LogP contribution in [-0.2, 0) is 6.42 Å². The van der Waals surface area contributed by atoms with Gasteiger partial charge in [0.25, 0.3) is 0 Å². The lowest BCUT2D eigenvalue weighted by Gasteiger charge is -2.11. The maximum absolute atomic E-state index is 5.65. The van der Waals surface area contributed by atoms with E-state index in [1.807, 2.05) is 52.0 Å². The first-order valence-corrected chi connectivity index (χ1v) is 7.12. The second-order valence-electron chi connectivity index (χ2n) is 5.24. The van der Waals surface area contributed by atoms with Gasteiger partial charge in [-0.25, -0.2) is 9.97 Å². The Bertz CT molecular complexity index is 565. The van der Waals surface area contributed by atoms with Crippen molar-refractivity contribution in [3.63, 3.8) is 0 Å². The van der Waals surface area contributed by atoms with Gasteiger partial charge in [-0.1, -0.05) is 6.92 Å². The summed E-state index contributed by atoms with van der Waals surface area (Å²) in [5.74, 6) is 1.66. The quantitative estimate of drug-likeness (QED) is 0.838. The van der Waals surface area contributed by atoms with Crippen molar-refractivity contribution < 1.29 is 4.74 Å². The van der Waals surface area contributed by atoms with Crippen LogP contribution in [0, 0.1) is 13.8 Å². The summed E-state index contributed by atoms with van der Waals surface area (Å²) in [6, 6.07) is 7.96. The normalized spacial score (nSPS) is 10.9. The maximum atomic E-state index is 5.65. The molecule has 1 aromatic heterocycles.